The highest BCUT2D eigenvalue weighted by atomic mass is 32.1. The smallest absolute Gasteiger partial charge is 0.268 e. The normalized spacial score (nSPS) is 13.4. The largest absolute Gasteiger partial charge is 0.308 e. The highest BCUT2D eigenvalue weighted by molar-refractivity contribution is 7.17. The van der Waals surface area contributed by atoms with Gasteiger partial charge < -0.3 is 15.2 Å². The minimum Gasteiger partial charge on any atom is -0.308 e. The molecule has 0 aliphatic heterocycles. The zero-order valence-electron chi connectivity index (χ0n) is 13.1. The number of fused-ring (bicyclic) bond motifs is 1. The predicted molar refractivity (Wildman–Crippen MR) is 88.9 cm³/mol. The number of hydrogen-bond acceptors (Lipinski definition) is 5. The van der Waals surface area contributed by atoms with Crippen LogP contribution >= 0.6 is 11.3 Å². The zero-order valence-corrected chi connectivity index (χ0v) is 14.0. The van der Waals surface area contributed by atoms with Gasteiger partial charge in [0.1, 0.15) is 10.5 Å². The number of hydrogen-bond donors (Lipinski definition) is 2. The minimum absolute atomic E-state index is 0.0418. The summed E-state index contributed by atoms with van der Waals surface area (Å²) in [7, 11) is 4.15. The van der Waals surface area contributed by atoms with Crippen LogP contribution in [0.5, 0.6) is 0 Å². The summed E-state index contributed by atoms with van der Waals surface area (Å²) in [6.07, 6.45) is 1.10. The van der Waals surface area contributed by atoms with Gasteiger partial charge in [-0.1, -0.05) is 13.8 Å². The number of aromatic nitrogens is 2. The van der Waals surface area contributed by atoms with Crippen molar-refractivity contribution in [3.63, 3.8) is 0 Å². The molecule has 0 aromatic carbocycles. The average molecular weight is 308 g/mol. The van der Waals surface area contributed by atoms with Crippen molar-refractivity contribution in [3.05, 3.63) is 27.6 Å². The Morgan fingerprint density at radius 3 is 2.86 bits per heavy atom. The van der Waals surface area contributed by atoms with Gasteiger partial charge >= 0.3 is 0 Å². The van der Waals surface area contributed by atoms with Crippen molar-refractivity contribution in [3.8, 4) is 0 Å². The zero-order chi connectivity index (χ0) is 15.4. The molecule has 2 aromatic heterocycles. The number of nitrogens with one attached hydrogen (secondary N) is 2. The van der Waals surface area contributed by atoms with Gasteiger partial charge in [-0.25, -0.2) is 4.98 Å². The van der Waals surface area contributed by atoms with Crippen LogP contribution in [0.1, 0.15) is 26.1 Å². The fraction of sp³-hybridized carbons (Fsp3) is 0.600. The standard InChI is InChI=1S/C15H24N4OS/c1-10(2)7-11(9-19(3)4)16-8-13-17-12-5-6-21-14(12)15(20)18-13/h5-6,10-11,16H,7-9H2,1-4H3,(H,17,18,20). The van der Waals surface area contributed by atoms with Crippen LogP contribution in [0.4, 0.5) is 0 Å². The molecule has 0 bridgehead atoms. The number of aromatic amines is 1. The molecule has 0 amide bonds. The summed E-state index contributed by atoms with van der Waals surface area (Å²) in [6, 6.07) is 2.29. The molecule has 0 saturated heterocycles. The molecule has 2 heterocycles. The lowest BCUT2D eigenvalue weighted by Gasteiger charge is -2.23. The van der Waals surface area contributed by atoms with Gasteiger partial charge in [-0.3, -0.25) is 4.79 Å². The highest BCUT2D eigenvalue weighted by Crippen LogP contribution is 2.13. The van der Waals surface area contributed by atoms with Crippen LogP contribution in [-0.2, 0) is 6.54 Å². The first-order valence-electron chi connectivity index (χ1n) is 7.30. The molecule has 0 aliphatic carbocycles. The second-order valence-electron chi connectivity index (χ2n) is 6.12. The quantitative estimate of drug-likeness (QED) is 0.822. The topological polar surface area (TPSA) is 61.0 Å². The molecule has 0 spiro atoms. The molecule has 2 aromatic rings. The van der Waals surface area contributed by atoms with Crippen molar-refractivity contribution in [1.82, 2.24) is 20.2 Å². The molecule has 1 unspecified atom stereocenters. The van der Waals surface area contributed by atoms with Crippen LogP contribution in [0, 0.1) is 5.92 Å². The monoisotopic (exact) mass is 308 g/mol. The van der Waals surface area contributed by atoms with Gasteiger partial charge in [0.2, 0.25) is 0 Å². The van der Waals surface area contributed by atoms with E-state index in [1.807, 2.05) is 11.4 Å². The van der Waals surface area contributed by atoms with Gasteiger partial charge in [0.25, 0.3) is 5.56 Å². The Morgan fingerprint density at radius 1 is 1.43 bits per heavy atom. The molecular formula is C15H24N4OS. The molecule has 0 saturated carbocycles. The SMILES string of the molecule is CC(C)CC(CN(C)C)NCc1nc2ccsc2c(=O)[nH]1. The molecule has 2 rings (SSSR count). The first-order valence-corrected chi connectivity index (χ1v) is 8.18. The van der Waals surface area contributed by atoms with Crippen LogP contribution in [-0.4, -0.2) is 41.5 Å². The van der Waals surface area contributed by atoms with Crippen LogP contribution in [0.3, 0.4) is 0 Å². The number of likely N-dealkylation sites (N-methyl/N-ethyl adjacent to an activating group) is 1. The van der Waals surface area contributed by atoms with E-state index in [2.05, 4.69) is 48.1 Å². The van der Waals surface area contributed by atoms with E-state index < -0.39 is 0 Å². The second-order valence-corrected chi connectivity index (χ2v) is 7.03. The lowest BCUT2D eigenvalue weighted by atomic mass is 10.0. The summed E-state index contributed by atoms with van der Waals surface area (Å²) >= 11 is 1.43. The van der Waals surface area contributed by atoms with Gasteiger partial charge in [0.15, 0.2) is 0 Å². The number of nitrogens with zero attached hydrogens (tertiary/aromatic N) is 2. The lowest BCUT2D eigenvalue weighted by Crippen LogP contribution is -2.39. The molecule has 21 heavy (non-hydrogen) atoms. The van der Waals surface area contributed by atoms with Gasteiger partial charge in [0.05, 0.1) is 12.1 Å². The highest BCUT2D eigenvalue weighted by Gasteiger charge is 2.13. The Bertz CT molecular complexity index is 622. The van der Waals surface area contributed by atoms with E-state index in [0.29, 0.717) is 29.0 Å². The molecule has 2 N–H and O–H groups in total. The van der Waals surface area contributed by atoms with Crippen molar-refractivity contribution >= 4 is 21.6 Å². The lowest BCUT2D eigenvalue weighted by molar-refractivity contribution is 0.303. The summed E-state index contributed by atoms with van der Waals surface area (Å²) in [6.45, 7) is 6.01. The second kappa shape index (κ2) is 7.15. The van der Waals surface area contributed by atoms with Crippen molar-refractivity contribution in [2.24, 2.45) is 5.92 Å². The molecule has 116 valence electrons. The van der Waals surface area contributed by atoms with E-state index in [-0.39, 0.29) is 5.56 Å². The van der Waals surface area contributed by atoms with E-state index >= 15 is 0 Å². The Kier molecular flexibility index (Phi) is 5.50. The molecule has 0 fully saturated rings. The van der Waals surface area contributed by atoms with E-state index in [4.69, 9.17) is 0 Å². The Morgan fingerprint density at radius 2 is 2.19 bits per heavy atom. The van der Waals surface area contributed by atoms with Crippen LogP contribution in [0.15, 0.2) is 16.2 Å². The molecule has 6 heteroatoms. The molecule has 0 radical (unpaired) electrons. The Balaban J connectivity index is 2.05. The fourth-order valence-corrected chi connectivity index (χ4v) is 3.20. The predicted octanol–water partition coefficient (Wildman–Crippen LogP) is 2.05. The van der Waals surface area contributed by atoms with Gasteiger partial charge in [-0.15, -0.1) is 11.3 Å². The van der Waals surface area contributed by atoms with E-state index in [0.717, 1.165) is 18.5 Å². The fourth-order valence-electron chi connectivity index (χ4n) is 2.48. The maximum atomic E-state index is 11.9. The maximum Gasteiger partial charge on any atom is 0.268 e. The third kappa shape index (κ3) is 4.62. The molecular weight excluding hydrogens is 284 g/mol. The first-order chi connectivity index (χ1) is 9.95. The summed E-state index contributed by atoms with van der Waals surface area (Å²) in [5, 5.41) is 5.41. The van der Waals surface area contributed by atoms with E-state index in [1.54, 1.807) is 0 Å². The molecule has 1 atom stereocenters. The van der Waals surface area contributed by atoms with Crippen molar-refractivity contribution in [1.29, 1.82) is 0 Å². The van der Waals surface area contributed by atoms with Gasteiger partial charge in [-0.2, -0.15) is 0 Å². The third-order valence-electron chi connectivity index (χ3n) is 3.26. The summed E-state index contributed by atoms with van der Waals surface area (Å²) in [5.74, 6) is 1.34. The Hall–Kier alpha value is -1.24. The maximum absolute atomic E-state index is 11.9. The van der Waals surface area contributed by atoms with Crippen molar-refractivity contribution in [2.45, 2.75) is 32.9 Å². The van der Waals surface area contributed by atoms with Crippen molar-refractivity contribution in [2.75, 3.05) is 20.6 Å². The van der Waals surface area contributed by atoms with Gasteiger partial charge in [0, 0.05) is 12.6 Å². The average Bonchev–Trinajstić information content (AvgIpc) is 2.83. The number of H-pyrrole nitrogens is 1. The number of rotatable bonds is 7. The summed E-state index contributed by atoms with van der Waals surface area (Å²) < 4.78 is 0.700. The van der Waals surface area contributed by atoms with Crippen LogP contribution in [0.2, 0.25) is 0 Å². The Labute approximate surface area is 129 Å². The van der Waals surface area contributed by atoms with Crippen LogP contribution < -0.4 is 10.9 Å². The molecule has 5 nitrogen and oxygen atoms in total. The number of thiophene rings is 1. The third-order valence-corrected chi connectivity index (χ3v) is 4.17. The molecule has 0 aliphatic rings. The summed E-state index contributed by atoms with van der Waals surface area (Å²) in [5.41, 5.74) is 0.744. The van der Waals surface area contributed by atoms with Crippen LogP contribution in [0.25, 0.3) is 10.2 Å². The summed E-state index contributed by atoms with van der Waals surface area (Å²) in [4.78, 5) is 21.5. The van der Waals surface area contributed by atoms with E-state index in [9.17, 15) is 4.79 Å². The van der Waals surface area contributed by atoms with E-state index in [1.165, 1.54) is 11.3 Å². The first kappa shape index (κ1) is 16.1. The van der Waals surface area contributed by atoms with Crippen molar-refractivity contribution < 1.29 is 0 Å². The minimum atomic E-state index is -0.0418. The van der Waals surface area contributed by atoms with Gasteiger partial charge in [-0.05, 0) is 37.9 Å².